The van der Waals surface area contributed by atoms with Gasteiger partial charge in [0, 0.05) is 11.6 Å². The van der Waals surface area contributed by atoms with Crippen LogP contribution in [-0.4, -0.2) is 11.3 Å². The number of carbonyl (C=O) groups excluding carboxylic acids is 1. The Morgan fingerprint density at radius 1 is 1.12 bits per heavy atom. The molecule has 0 radical (unpaired) electrons. The van der Waals surface area contributed by atoms with Crippen molar-refractivity contribution in [3.8, 4) is 11.6 Å². The number of nitrogens with two attached hydrogens (primary N) is 1. The summed E-state index contributed by atoms with van der Waals surface area (Å²) in [4.78, 5) is 14.4. The van der Waals surface area contributed by atoms with Crippen molar-refractivity contribution >= 4 is 12.0 Å². The molecule has 0 unspecified atom stereocenters. The van der Waals surface area contributed by atoms with Crippen LogP contribution in [0.1, 0.15) is 10.4 Å². The Hall–Kier alpha value is -2.36. The first-order chi connectivity index (χ1) is 7.78. The van der Waals surface area contributed by atoms with Gasteiger partial charge in [0.25, 0.3) is 0 Å². The highest BCUT2D eigenvalue weighted by atomic mass is 16.5. The highest BCUT2D eigenvalue weighted by Gasteiger charge is 1.98. The Kier molecular flexibility index (Phi) is 2.82. The van der Waals surface area contributed by atoms with Crippen molar-refractivity contribution in [2.24, 2.45) is 0 Å². The molecule has 4 nitrogen and oxygen atoms in total. The molecule has 4 heteroatoms. The largest absolute Gasteiger partial charge is 0.439 e. The number of nitrogens with zero attached hydrogens (tertiary/aromatic N) is 1. The summed E-state index contributed by atoms with van der Waals surface area (Å²) in [7, 11) is 0. The van der Waals surface area contributed by atoms with Gasteiger partial charge in [0.15, 0.2) is 0 Å². The number of rotatable bonds is 3. The van der Waals surface area contributed by atoms with Crippen molar-refractivity contribution in [1.29, 1.82) is 0 Å². The summed E-state index contributed by atoms with van der Waals surface area (Å²) in [6, 6.07) is 10.2. The number of aldehydes is 1. The van der Waals surface area contributed by atoms with Crippen LogP contribution in [0.15, 0.2) is 42.6 Å². The summed E-state index contributed by atoms with van der Waals surface area (Å²) in [5, 5.41) is 0. The van der Waals surface area contributed by atoms with E-state index in [9.17, 15) is 4.79 Å². The normalized spacial score (nSPS) is 9.75. The zero-order valence-electron chi connectivity index (χ0n) is 8.46. The molecule has 0 aliphatic carbocycles. The number of anilines is 1. The minimum Gasteiger partial charge on any atom is -0.439 e. The average Bonchev–Trinajstić information content (AvgIpc) is 2.33. The maximum absolute atomic E-state index is 10.4. The smallest absolute Gasteiger partial charge is 0.219 e. The molecule has 0 aliphatic heterocycles. The Morgan fingerprint density at radius 2 is 1.88 bits per heavy atom. The lowest BCUT2D eigenvalue weighted by molar-refractivity contribution is 0.112. The number of pyridine rings is 1. The Balaban J connectivity index is 2.14. The lowest BCUT2D eigenvalue weighted by Gasteiger charge is -2.04. The van der Waals surface area contributed by atoms with Crippen LogP contribution in [0.2, 0.25) is 0 Å². The second kappa shape index (κ2) is 4.44. The number of aromatic nitrogens is 1. The molecule has 0 spiro atoms. The Labute approximate surface area is 92.7 Å². The van der Waals surface area contributed by atoms with Gasteiger partial charge in [-0.05, 0) is 30.3 Å². The third-order valence-corrected chi connectivity index (χ3v) is 2.00. The van der Waals surface area contributed by atoms with E-state index in [4.69, 9.17) is 10.5 Å². The van der Waals surface area contributed by atoms with Gasteiger partial charge in [0.1, 0.15) is 12.0 Å². The van der Waals surface area contributed by atoms with E-state index in [0.29, 0.717) is 22.9 Å². The first-order valence-electron chi connectivity index (χ1n) is 4.72. The van der Waals surface area contributed by atoms with Gasteiger partial charge < -0.3 is 10.5 Å². The molecule has 2 aromatic rings. The highest BCUT2D eigenvalue weighted by molar-refractivity contribution is 5.74. The molecule has 80 valence electrons. The molecule has 0 saturated carbocycles. The van der Waals surface area contributed by atoms with Crippen LogP contribution < -0.4 is 10.5 Å². The molecular weight excluding hydrogens is 204 g/mol. The fraction of sp³-hybridized carbons (Fsp3) is 0. The molecule has 0 aliphatic rings. The topological polar surface area (TPSA) is 65.2 Å². The quantitative estimate of drug-likeness (QED) is 0.796. The minimum atomic E-state index is 0.466. The fourth-order valence-electron chi connectivity index (χ4n) is 1.19. The molecule has 1 aromatic heterocycles. The molecule has 2 rings (SSSR count). The van der Waals surface area contributed by atoms with Crippen LogP contribution in [0.4, 0.5) is 5.69 Å². The SMILES string of the molecule is Nc1ccc(Oc2ccc(C=O)cc2)nc1. The maximum atomic E-state index is 10.4. The molecule has 0 saturated heterocycles. The lowest BCUT2D eigenvalue weighted by Crippen LogP contribution is -1.90. The summed E-state index contributed by atoms with van der Waals surface area (Å²) in [6.45, 7) is 0. The predicted octanol–water partition coefficient (Wildman–Crippen LogP) is 2.27. The van der Waals surface area contributed by atoms with Crippen LogP contribution in [0, 0.1) is 0 Å². The molecule has 0 atom stereocenters. The minimum absolute atomic E-state index is 0.466. The molecule has 0 amide bonds. The summed E-state index contributed by atoms with van der Waals surface area (Å²) >= 11 is 0. The van der Waals surface area contributed by atoms with Crippen molar-refractivity contribution in [1.82, 2.24) is 4.98 Å². The highest BCUT2D eigenvalue weighted by Crippen LogP contribution is 2.19. The van der Waals surface area contributed by atoms with Gasteiger partial charge in [0.2, 0.25) is 5.88 Å². The summed E-state index contributed by atoms with van der Waals surface area (Å²) in [5.74, 6) is 1.09. The van der Waals surface area contributed by atoms with Crippen molar-refractivity contribution in [2.75, 3.05) is 5.73 Å². The number of carbonyl (C=O) groups is 1. The van der Waals surface area contributed by atoms with Gasteiger partial charge in [0.05, 0.1) is 11.9 Å². The Bertz CT molecular complexity index is 477. The second-order valence-corrected chi connectivity index (χ2v) is 3.22. The molecule has 1 heterocycles. The summed E-state index contributed by atoms with van der Waals surface area (Å²) in [5.41, 5.74) is 6.70. The maximum Gasteiger partial charge on any atom is 0.219 e. The first kappa shape index (κ1) is 10.2. The van der Waals surface area contributed by atoms with Crippen LogP contribution in [-0.2, 0) is 0 Å². The van der Waals surface area contributed by atoms with E-state index < -0.39 is 0 Å². The van der Waals surface area contributed by atoms with Crippen molar-refractivity contribution in [3.63, 3.8) is 0 Å². The molecule has 0 fully saturated rings. The zero-order chi connectivity index (χ0) is 11.4. The van der Waals surface area contributed by atoms with Gasteiger partial charge in [-0.25, -0.2) is 4.98 Å². The van der Waals surface area contributed by atoms with Gasteiger partial charge in [-0.3, -0.25) is 4.79 Å². The van der Waals surface area contributed by atoms with Gasteiger partial charge in [-0.1, -0.05) is 0 Å². The van der Waals surface area contributed by atoms with E-state index in [0.717, 1.165) is 6.29 Å². The number of ether oxygens (including phenoxy) is 1. The van der Waals surface area contributed by atoms with E-state index >= 15 is 0 Å². The number of nitrogen functional groups attached to an aromatic ring is 1. The van der Waals surface area contributed by atoms with Crippen LogP contribution in [0.5, 0.6) is 11.6 Å². The zero-order valence-corrected chi connectivity index (χ0v) is 8.46. The molecule has 16 heavy (non-hydrogen) atoms. The van der Waals surface area contributed by atoms with Gasteiger partial charge in [-0.2, -0.15) is 0 Å². The first-order valence-corrected chi connectivity index (χ1v) is 4.72. The monoisotopic (exact) mass is 214 g/mol. The van der Waals surface area contributed by atoms with Gasteiger partial charge >= 0.3 is 0 Å². The van der Waals surface area contributed by atoms with E-state index in [1.54, 1.807) is 36.4 Å². The number of benzene rings is 1. The third-order valence-electron chi connectivity index (χ3n) is 2.00. The third kappa shape index (κ3) is 2.36. The fourth-order valence-corrected chi connectivity index (χ4v) is 1.19. The van der Waals surface area contributed by atoms with E-state index in [1.165, 1.54) is 6.20 Å². The number of hydrogen-bond acceptors (Lipinski definition) is 4. The van der Waals surface area contributed by atoms with Gasteiger partial charge in [-0.15, -0.1) is 0 Å². The molecular formula is C12H10N2O2. The van der Waals surface area contributed by atoms with Crippen LogP contribution in [0.25, 0.3) is 0 Å². The van der Waals surface area contributed by atoms with E-state index in [1.807, 2.05) is 0 Å². The van der Waals surface area contributed by atoms with Crippen LogP contribution in [0.3, 0.4) is 0 Å². The van der Waals surface area contributed by atoms with E-state index in [2.05, 4.69) is 4.98 Å². The van der Waals surface area contributed by atoms with Crippen molar-refractivity contribution in [2.45, 2.75) is 0 Å². The van der Waals surface area contributed by atoms with Crippen molar-refractivity contribution < 1.29 is 9.53 Å². The van der Waals surface area contributed by atoms with E-state index in [-0.39, 0.29) is 0 Å². The standard InChI is InChI=1S/C12H10N2O2/c13-10-3-6-12(14-7-10)16-11-4-1-9(8-15)2-5-11/h1-8H,13H2. The summed E-state index contributed by atoms with van der Waals surface area (Å²) in [6.07, 6.45) is 2.31. The van der Waals surface area contributed by atoms with Crippen molar-refractivity contribution in [3.05, 3.63) is 48.2 Å². The summed E-state index contributed by atoms with van der Waals surface area (Å²) < 4.78 is 5.45. The lowest BCUT2D eigenvalue weighted by atomic mass is 10.2. The Morgan fingerprint density at radius 3 is 2.44 bits per heavy atom. The molecule has 2 N–H and O–H groups in total. The average molecular weight is 214 g/mol. The van der Waals surface area contributed by atoms with Crippen LogP contribution >= 0.6 is 0 Å². The number of hydrogen-bond donors (Lipinski definition) is 1. The molecule has 0 bridgehead atoms. The second-order valence-electron chi connectivity index (χ2n) is 3.22. The molecule has 1 aromatic carbocycles. The predicted molar refractivity (Wildman–Crippen MR) is 60.6 cm³/mol.